The number of rotatable bonds is 9. The Balaban J connectivity index is 1.74. The second-order valence-corrected chi connectivity index (χ2v) is 7.09. The highest BCUT2D eigenvalue weighted by Crippen LogP contribution is 2.09. The van der Waals surface area contributed by atoms with Crippen molar-refractivity contribution < 1.29 is 19.1 Å². The molecule has 0 bridgehead atoms. The molecule has 0 fully saturated rings. The molecule has 2 rings (SSSR count). The number of carbonyl (C=O) groups excluding carboxylic acids is 2. The minimum Gasteiger partial charge on any atom is -0.447 e. The van der Waals surface area contributed by atoms with Crippen LogP contribution in [0.3, 0.4) is 0 Å². The summed E-state index contributed by atoms with van der Waals surface area (Å²) in [6, 6.07) is 11.7. The predicted octanol–water partition coefficient (Wildman–Crippen LogP) is 3.62. The molecule has 1 aromatic heterocycles. The summed E-state index contributed by atoms with van der Waals surface area (Å²) in [4.78, 5) is 27.7. The third-order valence-electron chi connectivity index (χ3n) is 3.99. The van der Waals surface area contributed by atoms with Crippen LogP contribution >= 0.6 is 0 Å². The van der Waals surface area contributed by atoms with E-state index in [4.69, 9.17) is 9.47 Å². The Kier molecular flexibility index (Phi) is 8.95. The fourth-order valence-electron chi connectivity index (χ4n) is 2.72. The molecule has 0 saturated heterocycles. The van der Waals surface area contributed by atoms with Gasteiger partial charge >= 0.3 is 12.2 Å². The summed E-state index contributed by atoms with van der Waals surface area (Å²) in [6.07, 6.45) is 3.41. The SMILES string of the molecule is CC(C)OC(=O)NCCc1cncc(CC(C)OC(=O)NCc2ccccc2)c1. The second kappa shape index (κ2) is 11.7. The Bertz CT molecular complexity index is 781. The van der Waals surface area contributed by atoms with Crippen molar-refractivity contribution in [2.24, 2.45) is 0 Å². The minimum atomic E-state index is -0.446. The maximum absolute atomic E-state index is 12.0. The summed E-state index contributed by atoms with van der Waals surface area (Å²) in [6.45, 7) is 6.34. The van der Waals surface area contributed by atoms with Gasteiger partial charge in [-0.05, 0) is 43.9 Å². The summed E-state index contributed by atoms with van der Waals surface area (Å²) in [7, 11) is 0. The zero-order chi connectivity index (χ0) is 21.1. The lowest BCUT2D eigenvalue weighted by atomic mass is 10.1. The van der Waals surface area contributed by atoms with Crippen LogP contribution in [0.5, 0.6) is 0 Å². The average Bonchev–Trinajstić information content (AvgIpc) is 2.67. The van der Waals surface area contributed by atoms with Gasteiger partial charge in [0.05, 0.1) is 6.10 Å². The molecule has 29 heavy (non-hydrogen) atoms. The first-order valence-electron chi connectivity index (χ1n) is 9.78. The van der Waals surface area contributed by atoms with Crippen molar-refractivity contribution in [1.82, 2.24) is 15.6 Å². The Hall–Kier alpha value is -3.09. The molecule has 0 aliphatic heterocycles. The molecule has 1 unspecified atom stereocenters. The van der Waals surface area contributed by atoms with Crippen LogP contribution in [0.2, 0.25) is 0 Å². The second-order valence-electron chi connectivity index (χ2n) is 7.09. The van der Waals surface area contributed by atoms with Gasteiger partial charge in [-0.25, -0.2) is 9.59 Å². The summed E-state index contributed by atoms with van der Waals surface area (Å²) in [5, 5.41) is 5.46. The van der Waals surface area contributed by atoms with Crippen LogP contribution in [0.4, 0.5) is 9.59 Å². The molecular formula is C22H29N3O4. The molecule has 0 aliphatic rings. The van der Waals surface area contributed by atoms with Gasteiger partial charge < -0.3 is 20.1 Å². The third kappa shape index (κ3) is 9.10. The lowest BCUT2D eigenvalue weighted by Gasteiger charge is -2.14. The van der Waals surface area contributed by atoms with Crippen LogP contribution in [0.15, 0.2) is 48.8 Å². The van der Waals surface area contributed by atoms with E-state index in [-0.39, 0.29) is 12.2 Å². The zero-order valence-corrected chi connectivity index (χ0v) is 17.2. The highest BCUT2D eigenvalue weighted by atomic mass is 16.6. The molecule has 7 heteroatoms. The zero-order valence-electron chi connectivity index (χ0n) is 17.2. The Morgan fingerprint density at radius 3 is 2.34 bits per heavy atom. The first kappa shape index (κ1) is 22.2. The summed E-state index contributed by atoms with van der Waals surface area (Å²) in [5.41, 5.74) is 2.98. The van der Waals surface area contributed by atoms with Gasteiger partial charge in [0.1, 0.15) is 6.10 Å². The quantitative estimate of drug-likeness (QED) is 0.672. The van der Waals surface area contributed by atoms with E-state index >= 15 is 0 Å². The van der Waals surface area contributed by atoms with Crippen LogP contribution in [-0.4, -0.2) is 35.9 Å². The summed E-state index contributed by atoms with van der Waals surface area (Å²) >= 11 is 0. The standard InChI is InChI=1S/C22H29N3O4/c1-16(2)28-21(26)24-10-9-19-12-20(14-23-13-19)11-17(3)29-22(27)25-15-18-7-5-4-6-8-18/h4-8,12-14,16-17H,9-11,15H2,1-3H3,(H,24,26)(H,25,27). The van der Waals surface area contributed by atoms with Crippen LogP contribution in [0, 0.1) is 0 Å². The van der Waals surface area contributed by atoms with Crippen LogP contribution in [0.1, 0.15) is 37.5 Å². The number of hydrogen-bond donors (Lipinski definition) is 2. The topological polar surface area (TPSA) is 89.6 Å². The number of nitrogens with one attached hydrogen (secondary N) is 2. The molecule has 7 nitrogen and oxygen atoms in total. The largest absolute Gasteiger partial charge is 0.447 e. The molecule has 0 saturated carbocycles. The van der Waals surface area contributed by atoms with Crippen LogP contribution < -0.4 is 10.6 Å². The van der Waals surface area contributed by atoms with E-state index in [1.807, 2.05) is 43.3 Å². The average molecular weight is 399 g/mol. The molecule has 2 amide bonds. The molecule has 0 aliphatic carbocycles. The van der Waals surface area contributed by atoms with Gasteiger partial charge in [-0.2, -0.15) is 0 Å². The number of alkyl carbamates (subject to hydrolysis) is 2. The monoisotopic (exact) mass is 399 g/mol. The van der Waals surface area contributed by atoms with Crippen molar-refractivity contribution in [3.63, 3.8) is 0 Å². The third-order valence-corrected chi connectivity index (χ3v) is 3.99. The molecule has 156 valence electrons. The normalized spacial score (nSPS) is 11.6. The molecule has 1 atom stereocenters. The lowest BCUT2D eigenvalue weighted by Crippen LogP contribution is -2.29. The van der Waals surface area contributed by atoms with Crippen LogP contribution in [-0.2, 0) is 28.9 Å². The summed E-state index contributed by atoms with van der Waals surface area (Å²) < 4.78 is 10.4. The first-order chi connectivity index (χ1) is 13.9. The molecule has 2 aromatic rings. The number of carbonyl (C=O) groups is 2. The van der Waals surface area contributed by atoms with Gasteiger partial charge in [-0.1, -0.05) is 36.4 Å². The van der Waals surface area contributed by atoms with Crippen molar-refractivity contribution in [1.29, 1.82) is 0 Å². The highest BCUT2D eigenvalue weighted by molar-refractivity contribution is 5.67. The maximum atomic E-state index is 12.0. The summed E-state index contributed by atoms with van der Waals surface area (Å²) in [5.74, 6) is 0. The van der Waals surface area contributed by atoms with Crippen molar-refractivity contribution in [2.75, 3.05) is 6.54 Å². The Morgan fingerprint density at radius 1 is 0.931 bits per heavy atom. The van der Waals surface area contributed by atoms with Crippen molar-refractivity contribution >= 4 is 12.2 Å². The van der Waals surface area contributed by atoms with Gasteiger partial charge in [-0.3, -0.25) is 4.98 Å². The predicted molar refractivity (Wildman–Crippen MR) is 110 cm³/mol. The molecule has 0 radical (unpaired) electrons. The van der Waals surface area contributed by atoms with Crippen LogP contribution in [0.25, 0.3) is 0 Å². The molecule has 0 spiro atoms. The Morgan fingerprint density at radius 2 is 1.62 bits per heavy atom. The maximum Gasteiger partial charge on any atom is 0.407 e. The minimum absolute atomic E-state index is 0.147. The van der Waals surface area contributed by atoms with E-state index in [0.717, 1.165) is 16.7 Å². The van der Waals surface area contributed by atoms with Gasteiger partial charge in [0, 0.05) is 31.9 Å². The van der Waals surface area contributed by atoms with E-state index in [2.05, 4.69) is 15.6 Å². The lowest BCUT2D eigenvalue weighted by molar-refractivity contribution is 0.106. The number of aromatic nitrogens is 1. The smallest absolute Gasteiger partial charge is 0.407 e. The number of amides is 2. The van der Waals surface area contributed by atoms with Crippen molar-refractivity contribution in [3.8, 4) is 0 Å². The van der Waals surface area contributed by atoms with E-state index in [9.17, 15) is 9.59 Å². The van der Waals surface area contributed by atoms with Gasteiger partial charge in [-0.15, -0.1) is 0 Å². The fourth-order valence-corrected chi connectivity index (χ4v) is 2.72. The molecule has 1 heterocycles. The molecule has 2 N–H and O–H groups in total. The Labute approximate surface area is 171 Å². The number of hydrogen-bond acceptors (Lipinski definition) is 5. The van der Waals surface area contributed by atoms with Crippen molar-refractivity contribution in [2.45, 2.75) is 52.4 Å². The number of pyridine rings is 1. The highest BCUT2D eigenvalue weighted by Gasteiger charge is 2.11. The molecular weight excluding hydrogens is 370 g/mol. The van der Waals surface area contributed by atoms with Gasteiger partial charge in [0.2, 0.25) is 0 Å². The van der Waals surface area contributed by atoms with Gasteiger partial charge in [0.15, 0.2) is 0 Å². The first-order valence-corrected chi connectivity index (χ1v) is 9.78. The van der Waals surface area contributed by atoms with Gasteiger partial charge in [0.25, 0.3) is 0 Å². The number of benzene rings is 1. The van der Waals surface area contributed by atoms with Crippen molar-refractivity contribution in [3.05, 3.63) is 65.5 Å². The molecule has 1 aromatic carbocycles. The van der Waals surface area contributed by atoms with E-state index in [1.165, 1.54) is 0 Å². The van der Waals surface area contributed by atoms with E-state index in [0.29, 0.717) is 25.9 Å². The van der Waals surface area contributed by atoms with E-state index < -0.39 is 12.2 Å². The number of ether oxygens (including phenoxy) is 2. The number of nitrogens with zero attached hydrogens (tertiary/aromatic N) is 1. The van der Waals surface area contributed by atoms with E-state index in [1.54, 1.807) is 26.2 Å². The fraction of sp³-hybridized carbons (Fsp3) is 0.409.